The molecule has 1 aromatic carbocycles. The lowest BCUT2D eigenvalue weighted by molar-refractivity contribution is -0.142. The summed E-state index contributed by atoms with van der Waals surface area (Å²) in [5, 5.41) is 0. The van der Waals surface area contributed by atoms with Crippen molar-refractivity contribution in [2.24, 2.45) is 0 Å². The minimum atomic E-state index is -0.364. The number of rotatable bonds is 6. The summed E-state index contributed by atoms with van der Waals surface area (Å²) in [6.45, 7) is 5.63. The first-order valence-corrected chi connectivity index (χ1v) is 5.48. The van der Waals surface area contributed by atoms with Crippen LogP contribution < -0.4 is 0 Å². The largest absolute Gasteiger partial charge is 0.461 e. The van der Waals surface area contributed by atoms with Crippen LogP contribution >= 0.6 is 0 Å². The number of ketones is 1. The maximum Gasteiger partial charge on any atom is 0.306 e. The number of ether oxygens (including phenoxy) is 1. The topological polar surface area (TPSA) is 43.4 Å². The van der Waals surface area contributed by atoms with Gasteiger partial charge in [0.1, 0.15) is 6.61 Å². The summed E-state index contributed by atoms with van der Waals surface area (Å²) >= 11 is 0. The van der Waals surface area contributed by atoms with Crippen LogP contribution in [0, 0.1) is 0 Å². The van der Waals surface area contributed by atoms with Gasteiger partial charge in [0.2, 0.25) is 0 Å². The molecule has 0 N–H and O–H groups in total. The molecule has 3 nitrogen and oxygen atoms in total. The first-order chi connectivity index (χ1) is 8.09. The maximum atomic E-state index is 11.7. The van der Waals surface area contributed by atoms with Crippen LogP contribution in [-0.2, 0) is 9.53 Å². The van der Waals surface area contributed by atoms with Gasteiger partial charge in [-0.3, -0.25) is 9.59 Å². The Morgan fingerprint density at radius 3 is 2.41 bits per heavy atom. The molecule has 0 saturated heterocycles. The third-order valence-corrected chi connectivity index (χ3v) is 2.13. The number of carbonyl (C=O) groups excluding carboxylic acids is 2. The fourth-order valence-electron chi connectivity index (χ4n) is 1.26. The molecule has 0 bridgehead atoms. The molecule has 0 aliphatic carbocycles. The summed E-state index contributed by atoms with van der Waals surface area (Å²) < 4.78 is 4.90. The van der Waals surface area contributed by atoms with Gasteiger partial charge in [-0.2, -0.15) is 0 Å². The van der Waals surface area contributed by atoms with Gasteiger partial charge in [0.05, 0.1) is 6.42 Å². The molecule has 0 heterocycles. The molecule has 3 heteroatoms. The van der Waals surface area contributed by atoms with Gasteiger partial charge in [0.15, 0.2) is 5.78 Å². The van der Waals surface area contributed by atoms with E-state index in [0.717, 1.165) is 5.57 Å². The molecule has 0 aliphatic rings. The Hall–Kier alpha value is -1.90. The van der Waals surface area contributed by atoms with Crippen molar-refractivity contribution in [3.63, 3.8) is 0 Å². The summed E-state index contributed by atoms with van der Waals surface area (Å²) in [4.78, 5) is 22.9. The van der Waals surface area contributed by atoms with Gasteiger partial charge < -0.3 is 4.74 Å². The molecular weight excluding hydrogens is 216 g/mol. The lowest BCUT2D eigenvalue weighted by Crippen LogP contribution is -2.09. The van der Waals surface area contributed by atoms with E-state index < -0.39 is 0 Å². The molecule has 1 rings (SSSR count). The fourth-order valence-corrected chi connectivity index (χ4v) is 1.26. The second kappa shape index (κ2) is 6.63. The Balaban J connectivity index is 2.34. The molecule has 17 heavy (non-hydrogen) atoms. The zero-order chi connectivity index (χ0) is 12.7. The maximum absolute atomic E-state index is 11.7. The number of esters is 1. The van der Waals surface area contributed by atoms with E-state index in [1.165, 1.54) is 0 Å². The standard InChI is InChI=1S/C14H16O3/c1-11(2)10-17-14(16)9-8-13(15)12-6-4-3-5-7-12/h3-7H,1,8-10H2,2H3. The molecule has 0 unspecified atom stereocenters. The second-order valence-electron chi connectivity index (χ2n) is 3.91. The van der Waals surface area contributed by atoms with Crippen LogP contribution in [0.25, 0.3) is 0 Å². The number of hydrogen-bond donors (Lipinski definition) is 0. The van der Waals surface area contributed by atoms with Gasteiger partial charge in [0, 0.05) is 12.0 Å². The van der Waals surface area contributed by atoms with E-state index in [9.17, 15) is 9.59 Å². The van der Waals surface area contributed by atoms with Crippen molar-refractivity contribution in [2.75, 3.05) is 6.61 Å². The zero-order valence-electron chi connectivity index (χ0n) is 9.94. The van der Waals surface area contributed by atoms with Crippen molar-refractivity contribution in [3.8, 4) is 0 Å². The monoisotopic (exact) mass is 232 g/mol. The first-order valence-electron chi connectivity index (χ1n) is 5.48. The molecule has 0 atom stereocenters. The van der Waals surface area contributed by atoms with E-state index in [1.54, 1.807) is 31.2 Å². The van der Waals surface area contributed by atoms with Crippen molar-refractivity contribution in [3.05, 3.63) is 48.0 Å². The van der Waals surface area contributed by atoms with E-state index >= 15 is 0 Å². The fraction of sp³-hybridized carbons (Fsp3) is 0.286. The summed E-state index contributed by atoms with van der Waals surface area (Å²) in [7, 11) is 0. The lowest BCUT2D eigenvalue weighted by atomic mass is 10.1. The molecule has 0 fully saturated rings. The molecule has 0 amide bonds. The summed E-state index contributed by atoms with van der Waals surface area (Å²) in [6, 6.07) is 8.92. The lowest BCUT2D eigenvalue weighted by Gasteiger charge is -2.03. The average Bonchev–Trinajstić information content (AvgIpc) is 2.34. The van der Waals surface area contributed by atoms with Crippen LogP contribution in [0.2, 0.25) is 0 Å². The van der Waals surface area contributed by atoms with Crippen molar-refractivity contribution >= 4 is 11.8 Å². The third kappa shape index (κ3) is 5.11. The molecule has 0 aromatic heterocycles. The van der Waals surface area contributed by atoms with Crippen molar-refractivity contribution in [1.82, 2.24) is 0 Å². The zero-order valence-corrected chi connectivity index (χ0v) is 9.94. The third-order valence-electron chi connectivity index (χ3n) is 2.13. The predicted octanol–water partition coefficient (Wildman–Crippen LogP) is 2.77. The smallest absolute Gasteiger partial charge is 0.306 e. The number of hydrogen-bond acceptors (Lipinski definition) is 3. The molecule has 0 radical (unpaired) electrons. The average molecular weight is 232 g/mol. The summed E-state index contributed by atoms with van der Waals surface area (Å²) in [5.74, 6) is -0.407. The van der Waals surface area contributed by atoms with Crippen LogP contribution in [0.1, 0.15) is 30.1 Å². The van der Waals surface area contributed by atoms with Gasteiger partial charge in [0.25, 0.3) is 0 Å². The van der Waals surface area contributed by atoms with Crippen LogP contribution in [-0.4, -0.2) is 18.4 Å². The minimum absolute atomic E-state index is 0.0436. The highest BCUT2D eigenvalue weighted by Gasteiger charge is 2.09. The highest BCUT2D eigenvalue weighted by Crippen LogP contribution is 2.06. The molecule has 0 spiro atoms. The predicted molar refractivity (Wildman–Crippen MR) is 65.8 cm³/mol. The van der Waals surface area contributed by atoms with Gasteiger partial charge in [-0.15, -0.1) is 0 Å². The van der Waals surface area contributed by atoms with E-state index in [1.807, 2.05) is 6.07 Å². The Morgan fingerprint density at radius 2 is 1.82 bits per heavy atom. The van der Waals surface area contributed by atoms with Gasteiger partial charge in [-0.05, 0) is 12.5 Å². The van der Waals surface area contributed by atoms with E-state index in [2.05, 4.69) is 6.58 Å². The highest BCUT2D eigenvalue weighted by molar-refractivity contribution is 5.97. The summed E-state index contributed by atoms with van der Waals surface area (Å²) in [5.41, 5.74) is 1.41. The van der Waals surface area contributed by atoms with Gasteiger partial charge in [-0.1, -0.05) is 36.9 Å². The Bertz CT molecular complexity index is 407. The Morgan fingerprint density at radius 1 is 1.18 bits per heavy atom. The highest BCUT2D eigenvalue weighted by atomic mass is 16.5. The Labute approximate surface area is 101 Å². The van der Waals surface area contributed by atoms with E-state index in [4.69, 9.17) is 4.74 Å². The van der Waals surface area contributed by atoms with Crippen molar-refractivity contribution in [1.29, 1.82) is 0 Å². The SMILES string of the molecule is C=C(C)COC(=O)CCC(=O)c1ccccc1. The molecular formula is C14H16O3. The van der Waals surface area contributed by atoms with Crippen LogP contribution in [0.3, 0.4) is 0 Å². The Kier molecular flexibility index (Phi) is 5.14. The van der Waals surface area contributed by atoms with E-state index in [0.29, 0.717) is 5.56 Å². The van der Waals surface area contributed by atoms with Crippen molar-refractivity contribution < 1.29 is 14.3 Å². The van der Waals surface area contributed by atoms with Crippen LogP contribution in [0.5, 0.6) is 0 Å². The minimum Gasteiger partial charge on any atom is -0.461 e. The molecule has 0 saturated carbocycles. The number of Topliss-reactive ketones (excluding diaryl/α,β-unsaturated/α-hetero) is 1. The normalized spacial score (nSPS) is 9.71. The van der Waals surface area contributed by atoms with Crippen LogP contribution in [0.4, 0.5) is 0 Å². The quantitative estimate of drug-likeness (QED) is 0.430. The summed E-state index contributed by atoms with van der Waals surface area (Å²) in [6.07, 6.45) is 0.292. The number of benzene rings is 1. The van der Waals surface area contributed by atoms with Crippen LogP contribution in [0.15, 0.2) is 42.5 Å². The van der Waals surface area contributed by atoms with Crippen molar-refractivity contribution in [2.45, 2.75) is 19.8 Å². The molecule has 0 aliphatic heterocycles. The van der Waals surface area contributed by atoms with Gasteiger partial charge >= 0.3 is 5.97 Å². The number of carbonyl (C=O) groups is 2. The second-order valence-corrected chi connectivity index (χ2v) is 3.91. The molecule has 90 valence electrons. The first kappa shape index (κ1) is 13.2. The van der Waals surface area contributed by atoms with Gasteiger partial charge in [-0.25, -0.2) is 0 Å². The molecule has 1 aromatic rings. The van der Waals surface area contributed by atoms with E-state index in [-0.39, 0.29) is 31.2 Å².